The average Bonchev–Trinajstić information content (AvgIpc) is 2.68. The third-order valence-electron chi connectivity index (χ3n) is 5.35. The number of urea groups is 1. The molecule has 0 aromatic heterocycles. The molecule has 0 spiro atoms. The second kappa shape index (κ2) is 9.38. The van der Waals surface area contributed by atoms with Crippen LogP contribution in [-0.4, -0.2) is 41.3 Å². The van der Waals surface area contributed by atoms with E-state index in [2.05, 4.69) is 10.1 Å². The maximum Gasteiger partial charge on any atom is 0.387 e. The molecule has 1 fully saturated rings. The third kappa shape index (κ3) is 5.89. The molecule has 1 aliphatic rings. The Morgan fingerprint density at radius 2 is 1.87 bits per heavy atom. The Hall–Kier alpha value is -2.74. The number of likely N-dealkylation sites (tertiary alicyclic amines) is 1. The SMILES string of the molecule is CC(NC(=O)N1CCC(O)(Cc2cccc(F)c2)CC1)c1ccc(OC(F)F)cc1. The molecule has 2 N–H and O–H groups in total. The number of hydrogen-bond donors (Lipinski definition) is 2. The first kappa shape index (κ1) is 22.0. The van der Waals surface area contributed by atoms with Gasteiger partial charge in [-0.25, -0.2) is 9.18 Å². The van der Waals surface area contributed by atoms with Crippen molar-refractivity contribution in [1.29, 1.82) is 0 Å². The van der Waals surface area contributed by atoms with Gasteiger partial charge in [0.05, 0.1) is 11.6 Å². The highest BCUT2D eigenvalue weighted by atomic mass is 19.3. The Bertz CT molecular complexity index is 853. The molecule has 1 saturated heterocycles. The van der Waals surface area contributed by atoms with Crippen LogP contribution in [0.3, 0.4) is 0 Å². The maximum absolute atomic E-state index is 13.4. The number of rotatable bonds is 6. The number of amides is 2. The second-order valence-corrected chi connectivity index (χ2v) is 7.64. The van der Waals surface area contributed by atoms with Crippen molar-refractivity contribution in [3.8, 4) is 5.75 Å². The molecule has 5 nitrogen and oxygen atoms in total. The molecule has 0 aliphatic carbocycles. The Balaban J connectivity index is 1.51. The summed E-state index contributed by atoms with van der Waals surface area (Å²) in [6, 6.07) is 11.7. The van der Waals surface area contributed by atoms with E-state index in [0.29, 0.717) is 32.4 Å². The lowest BCUT2D eigenvalue weighted by Gasteiger charge is -2.38. The molecule has 1 atom stereocenters. The van der Waals surface area contributed by atoms with Crippen molar-refractivity contribution in [3.63, 3.8) is 0 Å². The topological polar surface area (TPSA) is 61.8 Å². The van der Waals surface area contributed by atoms with E-state index in [1.807, 2.05) is 0 Å². The minimum Gasteiger partial charge on any atom is -0.435 e. The van der Waals surface area contributed by atoms with Crippen LogP contribution < -0.4 is 10.1 Å². The first-order chi connectivity index (χ1) is 14.2. The van der Waals surface area contributed by atoms with Crippen molar-refractivity contribution in [2.75, 3.05) is 13.1 Å². The fraction of sp³-hybridized carbons (Fsp3) is 0.409. The van der Waals surface area contributed by atoms with Gasteiger partial charge in [0.2, 0.25) is 0 Å². The smallest absolute Gasteiger partial charge is 0.387 e. The quantitative estimate of drug-likeness (QED) is 0.731. The number of carbonyl (C=O) groups excluding carboxylic acids is 1. The maximum atomic E-state index is 13.4. The molecule has 162 valence electrons. The van der Waals surface area contributed by atoms with E-state index < -0.39 is 12.2 Å². The first-order valence-corrected chi connectivity index (χ1v) is 9.81. The highest BCUT2D eigenvalue weighted by molar-refractivity contribution is 5.74. The van der Waals surface area contributed by atoms with Gasteiger partial charge in [0.15, 0.2) is 0 Å². The van der Waals surface area contributed by atoms with Gasteiger partial charge in [-0.2, -0.15) is 8.78 Å². The van der Waals surface area contributed by atoms with Gasteiger partial charge in [-0.3, -0.25) is 0 Å². The van der Waals surface area contributed by atoms with Crippen molar-refractivity contribution in [1.82, 2.24) is 10.2 Å². The third-order valence-corrected chi connectivity index (χ3v) is 5.35. The zero-order valence-corrected chi connectivity index (χ0v) is 16.7. The number of carbonyl (C=O) groups is 1. The summed E-state index contributed by atoms with van der Waals surface area (Å²) in [7, 11) is 0. The number of nitrogens with zero attached hydrogens (tertiary/aromatic N) is 1. The summed E-state index contributed by atoms with van der Waals surface area (Å²) in [5.41, 5.74) is 0.504. The summed E-state index contributed by atoms with van der Waals surface area (Å²) >= 11 is 0. The first-order valence-electron chi connectivity index (χ1n) is 9.81. The van der Waals surface area contributed by atoms with Crippen molar-refractivity contribution >= 4 is 6.03 Å². The average molecular weight is 422 g/mol. The Morgan fingerprint density at radius 1 is 1.20 bits per heavy atom. The molecule has 1 unspecified atom stereocenters. The van der Waals surface area contributed by atoms with E-state index in [-0.39, 0.29) is 23.6 Å². The molecule has 2 aromatic rings. The molecule has 2 amide bonds. The highest BCUT2D eigenvalue weighted by Gasteiger charge is 2.34. The number of ether oxygens (including phenoxy) is 1. The number of nitrogens with one attached hydrogen (secondary N) is 1. The number of piperidine rings is 1. The molecule has 0 bridgehead atoms. The molecule has 2 aromatic carbocycles. The van der Waals surface area contributed by atoms with Crippen LogP contribution in [0.5, 0.6) is 5.75 Å². The fourth-order valence-corrected chi connectivity index (χ4v) is 3.63. The standard InChI is InChI=1S/C22H25F3N2O3/c1-15(17-5-7-19(8-6-17)30-20(24)25)26-21(28)27-11-9-22(29,10-12-27)14-16-3-2-4-18(23)13-16/h2-8,13,15,20,29H,9-12,14H2,1H3,(H,26,28). The van der Waals surface area contributed by atoms with Crippen LogP contribution in [0.1, 0.15) is 36.9 Å². The van der Waals surface area contributed by atoms with Crippen LogP contribution in [0.2, 0.25) is 0 Å². The van der Waals surface area contributed by atoms with Gasteiger partial charge in [0.25, 0.3) is 0 Å². The Labute approximate surface area is 173 Å². The van der Waals surface area contributed by atoms with Crippen molar-refractivity contribution < 1.29 is 27.8 Å². The second-order valence-electron chi connectivity index (χ2n) is 7.64. The van der Waals surface area contributed by atoms with Gasteiger partial charge in [0, 0.05) is 19.5 Å². The molecule has 30 heavy (non-hydrogen) atoms. The van der Waals surface area contributed by atoms with E-state index in [4.69, 9.17) is 0 Å². The minimum absolute atomic E-state index is 0.0564. The van der Waals surface area contributed by atoms with Gasteiger partial charge in [0.1, 0.15) is 11.6 Å². The summed E-state index contributed by atoms with van der Waals surface area (Å²) in [6.07, 6.45) is 1.12. The predicted octanol–water partition coefficient (Wildman–Crippen LogP) is 4.27. The van der Waals surface area contributed by atoms with Crippen molar-refractivity contribution in [2.24, 2.45) is 0 Å². The highest BCUT2D eigenvalue weighted by Crippen LogP contribution is 2.27. The number of benzene rings is 2. The van der Waals surface area contributed by atoms with Crippen molar-refractivity contribution in [3.05, 3.63) is 65.5 Å². The molecule has 1 heterocycles. The Morgan fingerprint density at radius 3 is 2.47 bits per heavy atom. The number of halogens is 3. The lowest BCUT2D eigenvalue weighted by atomic mass is 9.85. The van der Waals surface area contributed by atoms with Crippen LogP contribution in [0.15, 0.2) is 48.5 Å². The van der Waals surface area contributed by atoms with Crippen LogP contribution in [0, 0.1) is 5.82 Å². The normalized spacial score (nSPS) is 16.9. The van der Waals surface area contributed by atoms with Crippen LogP contribution in [0.4, 0.5) is 18.0 Å². The number of hydrogen-bond acceptors (Lipinski definition) is 3. The van der Waals surface area contributed by atoms with Gasteiger partial charge in [-0.05, 0) is 55.2 Å². The summed E-state index contributed by atoms with van der Waals surface area (Å²) in [6.45, 7) is -0.325. The fourth-order valence-electron chi connectivity index (χ4n) is 3.63. The molecule has 8 heteroatoms. The van der Waals surface area contributed by atoms with E-state index in [1.165, 1.54) is 24.3 Å². The molecule has 0 radical (unpaired) electrons. The van der Waals surface area contributed by atoms with E-state index in [0.717, 1.165) is 11.1 Å². The summed E-state index contributed by atoms with van der Waals surface area (Å²) in [4.78, 5) is 14.2. The minimum atomic E-state index is -2.88. The summed E-state index contributed by atoms with van der Waals surface area (Å²) in [5.74, 6) is -0.281. The van der Waals surface area contributed by atoms with Gasteiger partial charge in [-0.15, -0.1) is 0 Å². The van der Waals surface area contributed by atoms with E-state index in [1.54, 1.807) is 36.1 Å². The monoisotopic (exact) mass is 422 g/mol. The van der Waals surface area contributed by atoms with Crippen LogP contribution in [0.25, 0.3) is 0 Å². The molecule has 3 rings (SSSR count). The predicted molar refractivity (Wildman–Crippen MR) is 106 cm³/mol. The number of alkyl halides is 2. The molecule has 0 saturated carbocycles. The van der Waals surface area contributed by atoms with Gasteiger partial charge < -0.3 is 20.1 Å². The van der Waals surface area contributed by atoms with E-state index >= 15 is 0 Å². The Kier molecular flexibility index (Phi) is 6.87. The number of aliphatic hydroxyl groups is 1. The lowest BCUT2D eigenvalue weighted by Crippen LogP contribution is -2.51. The molecular formula is C22H25F3N2O3. The summed E-state index contributed by atoms with van der Waals surface area (Å²) in [5, 5.41) is 13.7. The van der Waals surface area contributed by atoms with Gasteiger partial charge in [-0.1, -0.05) is 24.3 Å². The summed E-state index contributed by atoms with van der Waals surface area (Å²) < 4.78 is 42.2. The molecular weight excluding hydrogens is 397 g/mol. The largest absolute Gasteiger partial charge is 0.435 e. The molecule has 1 aliphatic heterocycles. The zero-order valence-electron chi connectivity index (χ0n) is 16.7. The van der Waals surface area contributed by atoms with Gasteiger partial charge >= 0.3 is 12.6 Å². The van der Waals surface area contributed by atoms with E-state index in [9.17, 15) is 23.1 Å². The van der Waals surface area contributed by atoms with Crippen LogP contribution in [-0.2, 0) is 6.42 Å². The zero-order chi connectivity index (χ0) is 21.7. The lowest BCUT2D eigenvalue weighted by molar-refractivity contribution is -0.0498. The van der Waals surface area contributed by atoms with Crippen LogP contribution >= 0.6 is 0 Å². The van der Waals surface area contributed by atoms with Crippen molar-refractivity contribution in [2.45, 2.75) is 44.4 Å².